The maximum atomic E-state index is 6.94. The number of anilines is 2. The molecule has 1 aliphatic heterocycles. The molecule has 1 aromatic heterocycles. The Morgan fingerprint density at radius 2 is 1.05 bits per heavy atom. The van der Waals surface area contributed by atoms with Crippen LogP contribution in [0, 0.1) is 0 Å². The van der Waals surface area contributed by atoms with Gasteiger partial charge >= 0.3 is 0 Å². The van der Waals surface area contributed by atoms with Crippen molar-refractivity contribution >= 4 is 48.5 Å². The lowest BCUT2D eigenvalue weighted by molar-refractivity contribution is 0.359. The van der Waals surface area contributed by atoms with Gasteiger partial charge < -0.3 is 14.4 Å². The Bertz CT molecular complexity index is 3250. The molecule has 2 heterocycles. The molecule has 0 saturated heterocycles. The van der Waals surface area contributed by atoms with Crippen LogP contribution in [-0.4, -0.2) is 0 Å². The van der Waals surface area contributed by atoms with Crippen LogP contribution < -0.4 is 14.4 Å². The topological polar surface area (TPSA) is 21.7 Å². The quantitative estimate of drug-likeness (QED) is 0.178. The van der Waals surface area contributed by atoms with E-state index in [0.29, 0.717) is 11.5 Å². The number of thiophene rings is 1. The van der Waals surface area contributed by atoms with Crippen molar-refractivity contribution in [3.8, 4) is 45.3 Å². The van der Waals surface area contributed by atoms with Crippen molar-refractivity contribution in [2.75, 3.05) is 4.90 Å². The zero-order valence-electron chi connectivity index (χ0n) is 32.0. The number of benzene rings is 8. The summed E-state index contributed by atoms with van der Waals surface area (Å²) in [6.45, 7) is 0. The minimum Gasteiger partial charge on any atom is -0.449 e. The fourth-order valence-corrected chi connectivity index (χ4v) is 11.5. The van der Waals surface area contributed by atoms with Crippen LogP contribution in [0.3, 0.4) is 0 Å². The molecule has 9 aromatic rings. The molecule has 8 aromatic carbocycles. The first-order chi connectivity index (χ1) is 29.2. The molecule has 0 fully saturated rings. The Morgan fingerprint density at radius 1 is 0.424 bits per heavy atom. The Hall–Kier alpha value is -7.14. The smallest absolute Gasteiger partial charge is 0.172 e. The summed E-state index contributed by atoms with van der Waals surface area (Å²) in [5.41, 5.74) is 15.7. The maximum absolute atomic E-state index is 6.94. The summed E-state index contributed by atoms with van der Waals surface area (Å²) in [6.07, 6.45) is 6.46. The van der Waals surface area contributed by atoms with Crippen molar-refractivity contribution < 1.29 is 9.47 Å². The number of fused-ring (bicyclic) bond motifs is 15. The van der Waals surface area contributed by atoms with Gasteiger partial charge in [0, 0.05) is 43.3 Å². The van der Waals surface area contributed by atoms with Crippen LogP contribution >= 0.6 is 11.3 Å². The highest BCUT2D eigenvalue weighted by Crippen LogP contribution is 2.64. The third-order valence-corrected chi connectivity index (χ3v) is 14.0. The van der Waals surface area contributed by atoms with Gasteiger partial charge in [0.15, 0.2) is 23.0 Å². The molecule has 0 amide bonds. The van der Waals surface area contributed by atoms with Crippen LogP contribution in [0.15, 0.2) is 194 Å². The SMILES string of the molecule is C1=C(c2ccc3c(c2)sc2ccccc23)CCC(N(c2ccccc2)c2ccc3c(c2)Oc2cc4c(cc2O3)-c2ccccc2C42c3ccccc3-c3ccccc32)=C1. The fourth-order valence-electron chi connectivity index (χ4n) is 10.3. The Kier molecular flexibility index (Phi) is 6.93. The molecule has 0 atom stereocenters. The third kappa shape index (κ3) is 4.69. The Labute approximate surface area is 346 Å². The van der Waals surface area contributed by atoms with Crippen molar-refractivity contribution in [1.82, 2.24) is 0 Å². The highest BCUT2D eigenvalue weighted by Gasteiger charge is 2.52. The molecule has 0 bridgehead atoms. The molecular weight excluding hydrogens is 739 g/mol. The van der Waals surface area contributed by atoms with E-state index >= 15 is 0 Å². The number of rotatable bonds is 4. The fraction of sp³-hybridized carbons (Fsp3) is 0.0545. The second-order valence-corrected chi connectivity index (χ2v) is 17.0. The lowest BCUT2D eigenvalue weighted by Gasteiger charge is -2.32. The summed E-state index contributed by atoms with van der Waals surface area (Å²) in [5.74, 6) is 2.88. The monoisotopic (exact) mass is 773 g/mol. The number of allylic oxidation sites excluding steroid dienone is 4. The minimum atomic E-state index is -0.451. The highest BCUT2D eigenvalue weighted by molar-refractivity contribution is 7.25. The second kappa shape index (κ2) is 12.4. The van der Waals surface area contributed by atoms with Crippen LogP contribution in [0.4, 0.5) is 11.4 Å². The van der Waals surface area contributed by atoms with Crippen LogP contribution in [0.5, 0.6) is 23.0 Å². The van der Waals surface area contributed by atoms with E-state index in [1.54, 1.807) is 0 Å². The summed E-state index contributed by atoms with van der Waals surface area (Å²) in [6, 6.07) is 63.8. The predicted molar refractivity (Wildman–Crippen MR) is 243 cm³/mol. The van der Waals surface area contributed by atoms with Crippen LogP contribution in [0.2, 0.25) is 0 Å². The van der Waals surface area contributed by atoms with E-state index < -0.39 is 5.41 Å². The van der Waals surface area contributed by atoms with Crippen molar-refractivity contribution in [3.05, 3.63) is 222 Å². The van der Waals surface area contributed by atoms with Gasteiger partial charge in [0.25, 0.3) is 0 Å². The molecule has 0 unspecified atom stereocenters. The van der Waals surface area contributed by atoms with Crippen LogP contribution in [0.1, 0.15) is 40.7 Å². The van der Waals surface area contributed by atoms with E-state index in [9.17, 15) is 0 Å². The molecule has 59 heavy (non-hydrogen) atoms. The molecule has 278 valence electrons. The molecule has 4 heteroatoms. The molecule has 3 aliphatic carbocycles. The maximum Gasteiger partial charge on any atom is 0.172 e. The van der Waals surface area contributed by atoms with Crippen LogP contribution in [-0.2, 0) is 5.41 Å². The van der Waals surface area contributed by atoms with E-state index in [4.69, 9.17) is 9.47 Å². The lowest BCUT2D eigenvalue weighted by atomic mass is 9.70. The summed E-state index contributed by atoms with van der Waals surface area (Å²) in [7, 11) is 0. The Balaban J connectivity index is 0.891. The van der Waals surface area contributed by atoms with Crippen molar-refractivity contribution in [3.63, 3.8) is 0 Å². The number of nitrogens with zero attached hydrogens (tertiary/aromatic N) is 1. The van der Waals surface area contributed by atoms with Crippen LogP contribution in [0.25, 0.3) is 48.0 Å². The highest BCUT2D eigenvalue weighted by atomic mass is 32.1. The molecule has 4 aliphatic rings. The number of ether oxygens (including phenoxy) is 2. The third-order valence-electron chi connectivity index (χ3n) is 12.9. The standard InChI is InChI=1S/C55H35NO2S/c1-2-12-36(13-3-1)56(37-25-22-34(23-26-37)35-24-28-43-42-17-7-11-21-53(42)59-54(43)30-35)38-27-29-49-50(31-38)58-52-33-48-44(32-51(52)57-49)41-16-6-10-20-47(41)55(48)45-18-8-4-14-39(45)40-15-5-9-19-46(40)55/h1-22,24-25,27-33H,23,26H2. The van der Waals surface area contributed by atoms with Crippen molar-refractivity contribution in [2.45, 2.75) is 18.3 Å². The van der Waals surface area contributed by atoms with Gasteiger partial charge in [0.1, 0.15) is 0 Å². The summed E-state index contributed by atoms with van der Waals surface area (Å²) in [5, 5.41) is 2.67. The zero-order chi connectivity index (χ0) is 38.7. The molecule has 1 spiro atoms. The zero-order valence-corrected chi connectivity index (χ0v) is 32.8. The van der Waals surface area contributed by atoms with E-state index in [2.05, 4.69) is 193 Å². The van der Waals surface area contributed by atoms with Gasteiger partial charge in [-0.15, -0.1) is 11.3 Å². The number of hydrogen-bond acceptors (Lipinski definition) is 4. The van der Waals surface area contributed by atoms with E-state index in [-0.39, 0.29) is 0 Å². The molecule has 3 nitrogen and oxygen atoms in total. The normalized spacial score (nSPS) is 14.9. The summed E-state index contributed by atoms with van der Waals surface area (Å²) >= 11 is 1.88. The first-order valence-electron chi connectivity index (χ1n) is 20.4. The largest absolute Gasteiger partial charge is 0.449 e. The average molecular weight is 774 g/mol. The van der Waals surface area contributed by atoms with Gasteiger partial charge in [0.2, 0.25) is 0 Å². The lowest BCUT2D eigenvalue weighted by Crippen LogP contribution is -2.25. The number of hydrogen-bond donors (Lipinski definition) is 0. The summed E-state index contributed by atoms with van der Waals surface area (Å²) < 4.78 is 16.4. The molecular formula is C55H35NO2S. The van der Waals surface area contributed by atoms with Gasteiger partial charge in [-0.3, -0.25) is 0 Å². The van der Waals surface area contributed by atoms with Gasteiger partial charge in [-0.05, 0) is 123 Å². The van der Waals surface area contributed by atoms with E-state index in [1.807, 2.05) is 11.3 Å². The summed E-state index contributed by atoms with van der Waals surface area (Å²) in [4.78, 5) is 2.36. The van der Waals surface area contributed by atoms with Gasteiger partial charge in [-0.2, -0.15) is 0 Å². The molecule has 0 radical (unpaired) electrons. The second-order valence-electron chi connectivity index (χ2n) is 15.9. The van der Waals surface area contributed by atoms with E-state index in [1.165, 1.54) is 81.5 Å². The van der Waals surface area contributed by atoms with Crippen molar-refractivity contribution in [2.24, 2.45) is 0 Å². The van der Waals surface area contributed by atoms with E-state index in [0.717, 1.165) is 35.7 Å². The molecule has 13 rings (SSSR count). The average Bonchev–Trinajstić information content (AvgIpc) is 3.92. The van der Waals surface area contributed by atoms with Gasteiger partial charge in [-0.25, -0.2) is 0 Å². The molecule has 0 saturated carbocycles. The van der Waals surface area contributed by atoms with Gasteiger partial charge in [0.05, 0.1) is 5.41 Å². The Morgan fingerprint density at radius 3 is 1.80 bits per heavy atom. The minimum absolute atomic E-state index is 0.451. The first kappa shape index (κ1) is 32.9. The van der Waals surface area contributed by atoms with Gasteiger partial charge in [-0.1, -0.05) is 127 Å². The first-order valence-corrected chi connectivity index (χ1v) is 21.2. The number of para-hydroxylation sites is 1. The van der Waals surface area contributed by atoms with Crippen molar-refractivity contribution in [1.29, 1.82) is 0 Å². The molecule has 0 N–H and O–H groups in total. The predicted octanol–water partition coefficient (Wildman–Crippen LogP) is 15.2.